The molecule has 6 nitrogen and oxygen atoms in total. The van der Waals surface area contributed by atoms with Gasteiger partial charge in [-0.25, -0.2) is 9.59 Å². The van der Waals surface area contributed by atoms with Crippen LogP contribution >= 0.6 is 11.6 Å². The molecule has 1 aromatic heterocycles. The van der Waals surface area contributed by atoms with Gasteiger partial charge in [-0.2, -0.15) is 0 Å². The first-order valence-corrected chi connectivity index (χ1v) is 7.55. The summed E-state index contributed by atoms with van der Waals surface area (Å²) in [4.78, 5) is 23.8. The zero-order valence-electron chi connectivity index (χ0n) is 13.8. The van der Waals surface area contributed by atoms with E-state index in [9.17, 15) is 9.59 Å². The number of halogens is 1. The monoisotopic (exact) mass is 351 g/mol. The molecule has 0 unspecified atom stereocenters. The second kappa shape index (κ2) is 6.97. The Labute approximate surface area is 144 Å². The minimum atomic E-state index is -0.732. The second-order valence-corrected chi connectivity index (χ2v) is 6.42. The van der Waals surface area contributed by atoms with Crippen molar-refractivity contribution in [1.29, 1.82) is 0 Å². The summed E-state index contributed by atoms with van der Waals surface area (Å²) in [7, 11) is 1.24. The van der Waals surface area contributed by atoms with Crippen molar-refractivity contribution in [2.24, 2.45) is 0 Å². The van der Waals surface area contributed by atoms with E-state index < -0.39 is 17.7 Å². The Balaban J connectivity index is 2.33. The van der Waals surface area contributed by atoms with Crippen molar-refractivity contribution in [2.45, 2.75) is 26.4 Å². The summed E-state index contributed by atoms with van der Waals surface area (Å²) in [5.41, 5.74) is 0.108. The van der Waals surface area contributed by atoms with Gasteiger partial charge in [-0.05, 0) is 45.0 Å². The van der Waals surface area contributed by atoms with E-state index in [-0.39, 0.29) is 11.4 Å². The highest BCUT2D eigenvalue weighted by atomic mass is 35.5. The first kappa shape index (κ1) is 17.9. The molecule has 0 aliphatic carbocycles. The fourth-order valence-electron chi connectivity index (χ4n) is 1.90. The van der Waals surface area contributed by atoms with E-state index in [4.69, 9.17) is 25.5 Å². The van der Waals surface area contributed by atoms with E-state index in [0.717, 1.165) is 0 Å². The van der Waals surface area contributed by atoms with Crippen LogP contribution < -0.4 is 5.32 Å². The molecule has 2 rings (SSSR count). The number of ether oxygens (including phenoxy) is 2. The van der Waals surface area contributed by atoms with Crippen molar-refractivity contribution < 1.29 is 23.5 Å². The molecule has 0 saturated carbocycles. The number of furan rings is 1. The zero-order chi connectivity index (χ0) is 17.9. The maximum absolute atomic E-state index is 11.9. The quantitative estimate of drug-likeness (QED) is 0.808. The Kier molecular flexibility index (Phi) is 5.19. The fourth-order valence-corrected chi connectivity index (χ4v) is 2.02. The van der Waals surface area contributed by atoms with Gasteiger partial charge in [0.15, 0.2) is 0 Å². The molecule has 7 heteroatoms. The van der Waals surface area contributed by atoms with E-state index in [1.807, 2.05) is 0 Å². The van der Waals surface area contributed by atoms with E-state index in [1.54, 1.807) is 45.0 Å². The molecule has 2 aromatic rings. The molecular weight excluding hydrogens is 334 g/mol. The molecule has 0 atom stereocenters. The molecule has 24 heavy (non-hydrogen) atoms. The number of carbonyl (C=O) groups excluding carboxylic acids is 2. The Morgan fingerprint density at radius 1 is 1.17 bits per heavy atom. The maximum atomic E-state index is 11.9. The van der Waals surface area contributed by atoms with Gasteiger partial charge in [-0.15, -0.1) is 0 Å². The number of carbonyl (C=O) groups is 2. The predicted molar refractivity (Wildman–Crippen MR) is 90.4 cm³/mol. The lowest BCUT2D eigenvalue weighted by molar-refractivity contribution is 0.0601. The standard InChI is InChI=1S/C17H18ClNO5/c1-17(2,3)24-16(21)19-14-12(15(20)22-4)9-13(23-14)10-5-7-11(18)8-6-10/h5-9H,1-4H3,(H,19,21). The third-order valence-electron chi connectivity index (χ3n) is 2.88. The van der Waals surface area contributed by atoms with Gasteiger partial charge in [-0.3, -0.25) is 5.32 Å². The second-order valence-electron chi connectivity index (χ2n) is 5.98. The van der Waals surface area contributed by atoms with E-state index in [0.29, 0.717) is 16.3 Å². The van der Waals surface area contributed by atoms with Crippen molar-refractivity contribution in [3.63, 3.8) is 0 Å². The molecule has 1 aromatic carbocycles. The van der Waals surface area contributed by atoms with Crippen LogP contribution in [0.1, 0.15) is 31.1 Å². The zero-order valence-corrected chi connectivity index (χ0v) is 14.6. The number of nitrogens with one attached hydrogen (secondary N) is 1. The minimum absolute atomic E-state index is 0.0407. The number of esters is 1. The predicted octanol–water partition coefficient (Wildman–Crippen LogP) is 4.73. The highest BCUT2D eigenvalue weighted by Gasteiger charge is 2.23. The number of hydrogen-bond donors (Lipinski definition) is 1. The van der Waals surface area contributed by atoms with Gasteiger partial charge >= 0.3 is 12.1 Å². The number of benzene rings is 1. The summed E-state index contributed by atoms with van der Waals surface area (Å²) in [5, 5.41) is 3.00. The van der Waals surface area contributed by atoms with Gasteiger partial charge < -0.3 is 13.9 Å². The number of anilines is 1. The summed E-state index contributed by atoms with van der Waals surface area (Å²) in [5.74, 6) is -0.288. The average Bonchev–Trinajstić information content (AvgIpc) is 2.89. The molecule has 0 spiro atoms. The van der Waals surface area contributed by atoms with Crippen LogP contribution in [0.5, 0.6) is 0 Å². The highest BCUT2D eigenvalue weighted by molar-refractivity contribution is 6.30. The Morgan fingerprint density at radius 3 is 2.33 bits per heavy atom. The molecule has 0 radical (unpaired) electrons. The van der Waals surface area contributed by atoms with Crippen LogP contribution in [0.4, 0.5) is 10.7 Å². The molecule has 128 valence electrons. The normalized spacial score (nSPS) is 11.0. The first-order chi connectivity index (χ1) is 11.2. The molecule has 1 heterocycles. The van der Waals surface area contributed by atoms with Crippen LogP contribution in [0.25, 0.3) is 11.3 Å². The van der Waals surface area contributed by atoms with Gasteiger partial charge in [0.1, 0.15) is 16.9 Å². The van der Waals surface area contributed by atoms with Gasteiger partial charge in [0, 0.05) is 16.7 Å². The van der Waals surface area contributed by atoms with Crippen molar-refractivity contribution in [1.82, 2.24) is 0 Å². The van der Waals surface area contributed by atoms with Crippen LogP contribution in [0.15, 0.2) is 34.7 Å². The molecule has 0 aliphatic rings. The first-order valence-electron chi connectivity index (χ1n) is 7.17. The molecule has 0 fully saturated rings. The molecular formula is C17H18ClNO5. The van der Waals surface area contributed by atoms with Gasteiger partial charge in [0.05, 0.1) is 7.11 Å². The summed E-state index contributed by atoms with van der Waals surface area (Å²) >= 11 is 5.86. The summed E-state index contributed by atoms with van der Waals surface area (Å²) in [6.45, 7) is 5.19. The van der Waals surface area contributed by atoms with E-state index >= 15 is 0 Å². The lowest BCUT2D eigenvalue weighted by atomic mass is 10.1. The van der Waals surface area contributed by atoms with Crippen LogP contribution in [-0.4, -0.2) is 24.8 Å². The molecule has 0 bridgehead atoms. The van der Waals surface area contributed by atoms with Gasteiger partial charge in [0.2, 0.25) is 5.88 Å². The van der Waals surface area contributed by atoms with Crippen molar-refractivity contribution in [3.05, 3.63) is 40.9 Å². The molecule has 0 saturated heterocycles. The Morgan fingerprint density at radius 2 is 1.79 bits per heavy atom. The third-order valence-corrected chi connectivity index (χ3v) is 3.13. The average molecular weight is 352 g/mol. The van der Waals surface area contributed by atoms with E-state index in [1.165, 1.54) is 13.2 Å². The van der Waals surface area contributed by atoms with Crippen molar-refractivity contribution in [2.75, 3.05) is 12.4 Å². The van der Waals surface area contributed by atoms with Gasteiger partial charge in [0.25, 0.3) is 0 Å². The van der Waals surface area contributed by atoms with Gasteiger partial charge in [-0.1, -0.05) is 11.6 Å². The fraction of sp³-hybridized carbons (Fsp3) is 0.294. The largest absolute Gasteiger partial charge is 0.465 e. The number of methoxy groups -OCH3 is 1. The van der Waals surface area contributed by atoms with Crippen LogP contribution in [-0.2, 0) is 9.47 Å². The topological polar surface area (TPSA) is 77.8 Å². The lowest BCUT2D eigenvalue weighted by Crippen LogP contribution is -2.27. The van der Waals surface area contributed by atoms with Crippen molar-refractivity contribution >= 4 is 29.5 Å². The van der Waals surface area contributed by atoms with Crippen LogP contribution in [0.3, 0.4) is 0 Å². The summed E-state index contributed by atoms with van der Waals surface area (Å²) < 4.78 is 15.5. The highest BCUT2D eigenvalue weighted by Crippen LogP contribution is 2.30. The molecule has 0 aliphatic heterocycles. The summed E-state index contributed by atoms with van der Waals surface area (Å²) in [6.07, 6.45) is -0.732. The van der Waals surface area contributed by atoms with Crippen LogP contribution in [0.2, 0.25) is 5.02 Å². The summed E-state index contributed by atoms with van der Waals surface area (Å²) in [6, 6.07) is 8.34. The smallest absolute Gasteiger partial charge is 0.414 e. The minimum Gasteiger partial charge on any atom is -0.465 e. The number of hydrogen-bond acceptors (Lipinski definition) is 5. The molecule has 1 N–H and O–H groups in total. The number of rotatable bonds is 3. The maximum Gasteiger partial charge on any atom is 0.414 e. The van der Waals surface area contributed by atoms with Crippen LogP contribution in [0, 0.1) is 0 Å². The SMILES string of the molecule is COC(=O)c1cc(-c2ccc(Cl)cc2)oc1NC(=O)OC(C)(C)C. The Hall–Kier alpha value is -2.47. The van der Waals surface area contributed by atoms with E-state index in [2.05, 4.69) is 5.32 Å². The Bertz CT molecular complexity index is 743. The van der Waals surface area contributed by atoms with Crippen molar-refractivity contribution in [3.8, 4) is 11.3 Å². The molecule has 1 amide bonds. The third kappa shape index (κ3) is 4.52. The number of amides is 1. The lowest BCUT2D eigenvalue weighted by Gasteiger charge is -2.19.